The fourth-order valence-electron chi connectivity index (χ4n) is 2.66. The lowest BCUT2D eigenvalue weighted by molar-refractivity contribution is -0.131. The molecule has 2 heteroatoms. The van der Waals surface area contributed by atoms with Gasteiger partial charge in [-0.15, -0.1) is 0 Å². The topological polar surface area (TPSA) is 20.3 Å². The Bertz CT molecular complexity index is 565. The van der Waals surface area contributed by atoms with Gasteiger partial charge in [0.1, 0.15) is 0 Å². The van der Waals surface area contributed by atoms with Crippen LogP contribution >= 0.6 is 0 Å². The van der Waals surface area contributed by atoms with Gasteiger partial charge in [0.25, 0.3) is 0 Å². The van der Waals surface area contributed by atoms with E-state index in [1.54, 1.807) is 0 Å². The molecule has 0 saturated carbocycles. The number of likely N-dealkylation sites (N-methyl/N-ethyl adjacent to an activating group) is 1. The molecule has 2 nitrogen and oxygen atoms in total. The van der Waals surface area contributed by atoms with Crippen molar-refractivity contribution in [1.29, 1.82) is 0 Å². The fourth-order valence-corrected chi connectivity index (χ4v) is 2.66. The number of carbonyl (C=O) groups is 1. The second kappa shape index (κ2) is 8.38. The molecule has 2 aromatic rings. The zero-order chi connectivity index (χ0) is 15.8. The summed E-state index contributed by atoms with van der Waals surface area (Å²) in [5.41, 5.74) is 2.51. The van der Waals surface area contributed by atoms with Crippen molar-refractivity contribution in [1.82, 2.24) is 4.90 Å². The van der Waals surface area contributed by atoms with E-state index in [1.165, 1.54) is 11.1 Å². The van der Waals surface area contributed by atoms with Crippen LogP contribution in [0.2, 0.25) is 0 Å². The quantitative estimate of drug-likeness (QED) is 0.747. The maximum Gasteiger partial charge on any atom is 0.223 e. The predicted octanol–water partition coefficient (Wildman–Crippen LogP) is 4.27. The van der Waals surface area contributed by atoms with E-state index in [2.05, 4.69) is 38.1 Å². The molecule has 0 aliphatic rings. The number of amides is 1. The number of rotatable bonds is 7. The molecule has 116 valence electrons. The molecular weight excluding hydrogens is 270 g/mol. The van der Waals surface area contributed by atoms with Gasteiger partial charge >= 0.3 is 0 Å². The zero-order valence-corrected chi connectivity index (χ0v) is 13.5. The molecular formula is C20H25NO. The van der Waals surface area contributed by atoms with E-state index >= 15 is 0 Å². The SMILES string of the molecule is CCN(CCc1ccccc1)C(=O)CC(C)c1ccccc1. The molecule has 22 heavy (non-hydrogen) atoms. The van der Waals surface area contributed by atoms with Gasteiger partial charge in [0.05, 0.1) is 0 Å². The molecule has 0 radical (unpaired) electrons. The summed E-state index contributed by atoms with van der Waals surface area (Å²) in [7, 11) is 0. The number of nitrogens with zero attached hydrogens (tertiary/aromatic N) is 1. The van der Waals surface area contributed by atoms with E-state index in [0.29, 0.717) is 6.42 Å². The van der Waals surface area contributed by atoms with Gasteiger partial charge < -0.3 is 4.90 Å². The van der Waals surface area contributed by atoms with E-state index in [9.17, 15) is 4.79 Å². The Morgan fingerprint density at radius 1 is 1.00 bits per heavy atom. The average Bonchev–Trinajstić information content (AvgIpc) is 2.57. The normalized spacial score (nSPS) is 11.9. The van der Waals surface area contributed by atoms with Crippen molar-refractivity contribution < 1.29 is 4.79 Å². The molecule has 0 heterocycles. The van der Waals surface area contributed by atoms with Crippen molar-refractivity contribution >= 4 is 5.91 Å². The molecule has 2 rings (SSSR count). The monoisotopic (exact) mass is 295 g/mol. The van der Waals surface area contributed by atoms with Crippen LogP contribution in [-0.2, 0) is 11.2 Å². The highest BCUT2D eigenvalue weighted by Gasteiger charge is 2.16. The third-order valence-corrected chi connectivity index (χ3v) is 4.10. The number of benzene rings is 2. The van der Waals surface area contributed by atoms with Gasteiger partial charge in [0, 0.05) is 19.5 Å². The summed E-state index contributed by atoms with van der Waals surface area (Å²) >= 11 is 0. The van der Waals surface area contributed by atoms with Crippen LogP contribution in [0.3, 0.4) is 0 Å². The first-order valence-corrected chi connectivity index (χ1v) is 8.07. The summed E-state index contributed by atoms with van der Waals surface area (Å²) in [6, 6.07) is 20.6. The predicted molar refractivity (Wildman–Crippen MR) is 91.9 cm³/mol. The molecule has 2 aromatic carbocycles. The van der Waals surface area contributed by atoms with Gasteiger partial charge in [-0.2, -0.15) is 0 Å². The Hall–Kier alpha value is -2.09. The van der Waals surface area contributed by atoms with E-state index in [4.69, 9.17) is 0 Å². The average molecular weight is 295 g/mol. The summed E-state index contributed by atoms with van der Waals surface area (Å²) in [4.78, 5) is 14.5. The lowest BCUT2D eigenvalue weighted by atomic mass is 9.97. The largest absolute Gasteiger partial charge is 0.343 e. The number of hydrogen-bond donors (Lipinski definition) is 0. The second-order valence-corrected chi connectivity index (χ2v) is 5.72. The summed E-state index contributed by atoms with van der Waals surface area (Å²) in [5.74, 6) is 0.509. The van der Waals surface area contributed by atoms with Crippen molar-refractivity contribution in [3.05, 3.63) is 71.8 Å². The van der Waals surface area contributed by atoms with E-state index in [-0.39, 0.29) is 11.8 Å². The Labute approximate surface area is 133 Å². The lowest BCUT2D eigenvalue weighted by Crippen LogP contribution is -2.33. The van der Waals surface area contributed by atoms with Gasteiger partial charge in [0.2, 0.25) is 5.91 Å². The van der Waals surface area contributed by atoms with Gasteiger partial charge in [0.15, 0.2) is 0 Å². The highest BCUT2D eigenvalue weighted by molar-refractivity contribution is 5.77. The molecule has 0 spiro atoms. The maximum absolute atomic E-state index is 12.5. The molecule has 0 aromatic heterocycles. The molecule has 0 saturated heterocycles. The molecule has 0 aliphatic heterocycles. The van der Waals surface area contributed by atoms with Crippen LogP contribution < -0.4 is 0 Å². The standard InChI is InChI=1S/C20H25NO/c1-3-21(15-14-18-10-6-4-7-11-18)20(22)16-17(2)19-12-8-5-9-13-19/h4-13,17H,3,14-16H2,1-2H3. The van der Waals surface area contributed by atoms with E-state index < -0.39 is 0 Å². The van der Waals surface area contributed by atoms with Gasteiger partial charge in [-0.1, -0.05) is 67.6 Å². The van der Waals surface area contributed by atoms with Crippen molar-refractivity contribution in [2.75, 3.05) is 13.1 Å². The minimum Gasteiger partial charge on any atom is -0.343 e. The molecule has 0 aliphatic carbocycles. The second-order valence-electron chi connectivity index (χ2n) is 5.72. The molecule has 0 fully saturated rings. The van der Waals surface area contributed by atoms with E-state index in [0.717, 1.165) is 19.5 Å². The van der Waals surface area contributed by atoms with Crippen LogP contribution in [0.5, 0.6) is 0 Å². The zero-order valence-electron chi connectivity index (χ0n) is 13.5. The van der Waals surface area contributed by atoms with Crippen LogP contribution in [-0.4, -0.2) is 23.9 Å². The molecule has 0 bridgehead atoms. The van der Waals surface area contributed by atoms with Crippen molar-refractivity contribution in [2.24, 2.45) is 0 Å². The lowest BCUT2D eigenvalue weighted by Gasteiger charge is -2.23. The van der Waals surface area contributed by atoms with Crippen LogP contribution in [0.25, 0.3) is 0 Å². The fraction of sp³-hybridized carbons (Fsp3) is 0.350. The number of carbonyl (C=O) groups excluding carboxylic acids is 1. The number of hydrogen-bond acceptors (Lipinski definition) is 1. The Morgan fingerprint density at radius 3 is 2.18 bits per heavy atom. The van der Waals surface area contributed by atoms with Crippen molar-refractivity contribution in [3.8, 4) is 0 Å². The Morgan fingerprint density at radius 2 is 1.59 bits per heavy atom. The third-order valence-electron chi connectivity index (χ3n) is 4.10. The summed E-state index contributed by atoms with van der Waals surface area (Å²) in [5, 5.41) is 0. The first-order valence-electron chi connectivity index (χ1n) is 8.07. The van der Waals surface area contributed by atoms with Gasteiger partial charge in [-0.05, 0) is 30.4 Å². The maximum atomic E-state index is 12.5. The first-order chi connectivity index (χ1) is 10.7. The van der Waals surface area contributed by atoms with Gasteiger partial charge in [-0.3, -0.25) is 4.79 Å². The van der Waals surface area contributed by atoms with Crippen LogP contribution in [0.15, 0.2) is 60.7 Å². The minimum atomic E-state index is 0.245. The highest BCUT2D eigenvalue weighted by atomic mass is 16.2. The van der Waals surface area contributed by atoms with Crippen LogP contribution in [0.4, 0.5) is 0 Å². The Balaban J connectivity index is 1.88. The molecule has 1 amide bonds. The third kappa shape index (κ3) is 4.73. The summed E-state index contributed by atoms with van der Waals surface area (Å²) in [6.45, 7) is 5.74. The molecule has 1 atom stereocenters. The minimum absolute atomic E-state index is 0.245. The van der Waals surface area contributed by atoms with Gasteiger partial charge in [-0.25, -0.2) is 0 Å². The van der Waals surface area contributed by atoms with Crippen LogP contribution in [0, 0.1) is 0 Å². The summed E-state index contributed by atoms with van der Waals surface area (Å²) in [6.07, 6.45) is 1.49. The summed E-state index contributed by atoms with van der Waals surface area (Å²) < 4.78 is 0. The smallest absolute Gasteiger partial charge is 0.223 e. The molecule has 1 unspecified atom stereocenters. The Kier molecular flexibility index (Phi) is 6.20. The first kappa shape index (κ1) is 16.3. The molecule has 0 N–H and O–H groups in total. The van der Waals surface area contributed by atoms with Crippen molar-refractivity contribution in [3.63, 3.8) is 0 Å². The van der Waals surface area contributed by atoms with Crippen LogP contribution in [0.1, 0.15) is 37.3 Å². The highest BCUT2D eigenvalue weighted by Crippen LogP contribution is 2.19. The van der Waals surface area contributed by atoms with Crippen molar-refractivity contribution in [2.45, 2.75) is 32.6 Å². The van der Waals surface area contributed by atoms with E-state index in [1.807, 2.05) is 41.3 Å².